The van der Waals surface area contributed by atoms with Crippen LogP contribution in [0.5, 0.6) is 0 Å². The summed E-state index contributed by atoms with van der Waals surface area (Å²) in [7, 11) is 3.70. The minimum Gasteiger partial charge on any atom is -0.447 e. The van der Waals surface area contributed by atoms with Crippen molar-refractivity contribution in [1.82, 2.24) is 25.1 Å². The van der Waals surface area contributed by atoms with Gasteiger partial charge in [0.2, 0.25) is 0 Å². The number of aromatic nitrogens is 2. The first-order chi connectivity index (χ1) is 14.9. The highest BCUT2D eigenvalue weighted by atomic mass is 16.6. The highest BCUT2D eigenvalue weighted by molar-refractivity contribution is 5.94. The highest BCUT2D eigenvalue weighted by Crippen LogP contribution is 2.20. The van der Waals surface area contributed by atoms with Gasteiger partial charge in [0.05, 0.1) is 29.9 Å². The van der Waals surface area contributed by atoms with Crippen molar-refractivity contribution in [3.05, 3.63) is 47.9 Å². The van der Waals surface area contributed by atoms with Crippen molar-refractivity contribution in [2.75, 3.05) is 27.2 Å². The summed E-state index contributed by atoms with van der Waals surface area (Å²) >= 11 is 0. The lowest BCUT2D eigenvalue weighted by Crippen LogP contribution is -2.46. The average molecular weight is 426 g/mol. The maximum Gasteiger partial charge on any atom is 0.410 e. The molecule has 1 saturated heterocycles. The molecule has 0 saturated carbocycles. The molecular weight excluding hydrogens is 394 g/mol. The van der Waals surface area contributed by atoms with Crippen molar-refractivity contribution in [3.8, 4) is 11.3 Å². The molecule has 0 radical (unpaired) electrons. The van der Waals surface area contributed by atoms with Crippen molar-refractivity contribution in [2.45, 2.75) is 45.4 Å². The largest absolute Gasteiger partial charge is 0.447 e. The van der Waals surface area contributed by atoms with Crippen LogP contribution in [-0.2, 0) is 11.3 Å². The molecule has 8 heteroatoms. The fraction of sp³-hybridized carbons (Fsp3) is 0.478. The Morgan fingerprint density at radius 1 is 1.16 bits per heavy atom. The van der Waals surface area contributed by atoms with Crippen molar-refractivity contribution >= 4 is 12.0 Å². The lowest BCUT2D eigenvalue weighted by molar-refractivity contribution is 0.0575. The van der Waals surface area contributed by atoms with E-state index in [-0.39, 0.29) is 18.1 Å². The lowest BCUT2D eigenvalue weighted by Gasteiger charge is -2.36. The molecule has 31 heavy (non-hydrogen) atoms. The van der Waals surface area contributed by atoms with Gasteiger partial charge in [0, 0.05) is 43.9 Å². The van der Waals surface area contributed by atoms with Crippen molar-refractivity contribution < 1.29 is 14.3 Å². The molecule has 0 bridgehead atoms. The Hall–Kier alpha value is -3.00. The minimum absolute atomic E-state index is 0.0942. The number of piperidine rings is 1. The monoisotopic (exact) mass is 425 g/mol. The number of nitrogens with one attached hydrogen (secondary N) is 1. The van der Waals surface area contributed by atoms with E-state index in [9.17, 15) is 9.59 Å². The Labute approximate surface area is 183 Å². The number of likely N-dealkylation sites (tertiary alicyclic amines) is 1. The highest BCUT2D eigenvalue weighted by Gasteiger charge is 2.26. The summed E-state index contributed by atoms with van der Waals surface area (Å²) in [6.07, 6.45) is 5.07. The number of amides is 2. The van der Waals surface area contributed by atoms with Crippen LogP contribution in [-0.4, -0.2) is 71.1 Å². The van der Waals surface area contributed by atoms with Crippen molar-refractivity contribution in [2.24, 2.45) is 0 Å². The zero-order chi connectivity index (χ0) is 22.4. The van der Waals surface area contributed by atoms with Gasteiger partial charge < -0.3 is 15.0 Å². The predicted molar refractivity (Wildman–Crippen MR) is 119 cm³/mol. The maximum atomic E-state index is 12.0. The second-order valence-electron chi connectivity index (χ2n) is 8.12. The molecule has 8 nitrogen and oxygen atoms in total. The number of benzene rings is 1. The molecule has 166 valence electrons. The van der Waals surface area contributed by atoms with Gasteiger partial charge in [0.25, 0.3) is 5.91 Å². The van der Waals surface area contributed by atoms with E-state index < -0.39 is 0 Å². The van der Waals surface area contributed by atoms with E-state index in [0.29, 0.717) is 31.2 Å². The second-order valence-corrected chi connectivity index (χ2v) is 8.12. The Morgan fingerprint density at radius 2 is 1.84 bits per heavy atom. The number of nitrogens with zero attached hydrogens (tertiary/aromatic N) is 4. The van der Waals surface area contributed by atoms with Gasteiger partial charge in [-0.1, -0.05) is 12.1 Å². The number of hydrogen-bond acceptors (Lipinski definition) is 6. The number of carbonyl (C=O) groups excluding carboxylic acids is 2. The molecule has 2 heterocycles. The van der Waals surface area contributed by atoms with Crippen molar-refractivity contribution in [3.63, 3.8) is 0 Å². The molecule has 3 rings (SSSR count). The van der Waals surface area contributed by atoms with Crippen molar-refractivity contribution in [1.29, 1.82) is 0 Å². The summed E-state index contributed by atoms with van der Waals surface area (Å²) in [6.45, 7) is 5.84. The van der Waals surface area contributed by atoms with E-state index >= 15 is 0 Å². The number of carbonyl (C=O) groups is 2. The molecule has 0 spiro atoms. The first-order valence-corrected chi connectivity index (χ1v) is 10.7. The second kappa shape index (κ2) is 10.3. The normalized spacial score (nSPS) is 14.7. The summed E-state index contributed by atoms with van der Waals surface area (Å²) in [5.74, 6) is -0.112. The van der Waals surface area contributed by atoms with Crippen LogP contribution in [0.2, 0.25) is 0 Å². The van der Waals surface area contributed by atoms with Crippen LogP contribution in [0.1, 0.15) is 42.7 Å². The number of ether oxygens (including phenoxy) is 1. The van der Waals surface area contributed by atoms with Crippen LogP contribution in [0.3, 0.4) is 0 Å². The first kappa shape index (κ1) is 22.7. The average Bonchev–Trinajstić information content (AvgIpc) is 2.79. The molecule has 0 unspecified atom stereocenters. The van der Waals surface area contributed by atoms with Gasteiger partial charge in [-0.15, -0.1) is 0 Å². The Balaban J connectivity index is 1.53. The summed E-state index contributed by atoms with van der Waals surface area (Å²) in [6, 6.07) is 7.69. The van der Waals surface area contributed by atoms with Crippen LogP contribution < -0.4 is 5.32 Å². The Kier molecular flexibility index (Phi) is 7.57. The predicted octanol–water partition coefficient (Wildman–Crippen LogP) is 2.94. The summed E-state index contributed by atoms with van der Waals surface area (Å²) in [4.78, 5) is 36.9. The molecule has 1 N–H and O–H groups in total. The fourth-order valence-corrected chi connectivity index (χ4v) is 3.67. The zero-order valence-corrected chi connectivity index (χ0v) is 18.7. The summed E-state index contributed by atoms with van der Waals surface area (Å²) in [5.41, 5.74) is 3.20. The van der Waals surface area contributed by atoms with E-state index in [4.69, 9.17) is 4.74 Å². The molecular formula is C23H31N5O3. The molecule has 1 aromatic heterocycles. The number of rotatable bonds is 6. The van der Waals surface area contributed by atoms with Crippen LogP contribution >= 0.6 is 0 Å². The molecule has 0 atom stereocenters. The van der Waals surface area contributed by atoms with Gasteiger partial charge in [-0.2, -0.15) is 0 Å². The van der Waals surface area contributed by atoms with Crippen LogP contribution in [0.4, 0.5) is 4.79 Å². The third-order valence-electron chi connectivity index (χ3n) is 5.47. The van der Waals surface area contributed by atoms with E-state index in [1.54, 1.807) is 36.5 Å². The van der Waals surface area contributed by atoms with Gasteiger partial charge >= 0.3 is 6.09 Å². The zero-order valence-electron chi connectivity index (χ0n) is 18.7. The molecule has 1 aliphatic rings. The molecule has 2 amide bonds. The molecule has 1 aromatic carbocycles. The molecule has 0 aliphatic carbocycles. The van der Waals surface area contributed by atoms with Gasteiger partial charge in [-0.3, -0.25) is 19.7 Å². The first-order valence-electron chi connectivity index (χ1n) is 10.7. The van der Waals surface area contributed by atoms with Gasteiger partial charge in [0.15, 0.2) is 0 Å². The molecule has 1 fully saturated rings. The summed E-state index contributed by atoms with van der Waals surface area (Å²) < 4.78 is 5.29. The SMILES string of the molecule is CNC(=O)c1ccc(-c2cnc(CN(C)C3CCN(C(=O)OC(C)C)CC3)cn2)cc1. The fourth-order valence-electron chi connectivity index (χ4n) is 3.67. The van der Waals surface area contributed by atoms with E-state index in [1.165, 1.54) is 0 Å². The smallest absolute Gasteiger partial charge is 0.410 e. The quantitative estimate of drug-likeness (QED) is 0.766. The standard InChI is InChI=1S/C23H31N5O3/c1-16(2)31-23(30)28-11-9-20(10-12-28)27(4)15-19-13-26-21(14-25-19)17-5-7-18(8-6-17)22(29)24-3/h5-8,13-14,16,20H,9-12,15H2,1-4H3,(H,24,29). The summed E-state index contributed by atoms with van der Waals surface area (Å²) in [5, 5.41) is 2.61. The molecule has 1 aliphatic heterocycles. The van der Waals surface area contributed by atoms with Gasteiger partial charge in [0.1, 0.15) is 0 Å². The van der Waals surface area contributed by atoms with Crippen LogP contribution in [0, 0.1) is 0 Å². The topological polar surface area (TPSA) is 87.7 Å². The third kappa shape index (κ3) is 6.01. The minimum atomic E-state index is -0.221. The maximum absolute atomic E-state index is 12.0. The van der Waals surface area contributed by atoms with Crippen LogP contribution in [0.15, 0.2) is 36.7 Å². The van der Waals surface area contributed by atoms with E-state index in [1.807, 2.05) is 26.0 Å². The van der Waals surface area contributed by atoms with E-state index in [2.05, 4.69) is 27.2 Å². The number of hydrogen-bond donors (Lipinski definition) is 1. The third-order valence-corrected chi connectivity index (χ3v) is 5.47. The van der Waals surface area contributed by atoms with Gasteiger partial charge in [-0.25, -0.2) is 4.79 Å². The van der Waals surface area contributed by atoms with Crippen LogP contribution in [0.25, 0.3) is 11.3 Å². The lowest BCUT2D eigenvalue weighted by atomic mass is 10.0. The Morgan fingerprint density at radius 3 is 2.39 bits per heavy atom. The van der Waals surface area contributed by atoms with E-state index in [0.717, 1.165) is 29.8 Å². The molecule has 2 aromatic rings. The Bertz CT molecular complexity index is 875. The van der Waals surface area contributed by atoms with Gasteiger partial charge in [-0.05, 0) is 45.9 Å².